The summed E-state index contributed by atoms with van der Waals surface area (Å²) in [5.41, 5.74) is -0.697. The van der Waals surface area contributed by atoms with Crippen LogP contribution < -0.4 is 9.19 Å². The Labute approximate surface area is 149 Å². The van der Waals surface area contributed by atoms with Gasteiger partial charge in [0.1, 0.15) is 0 Å². The van der Waals surface area contributed by atoms with E-state index < -0.39 is 16.8 Å². The Morgan fingerprint density at radius 3 is 2.17 bits per heavy atom. The first-order valence-electron chi connectivity index (χ1n) is 5.92. The van der Waals surface area contributed by atoms with Gasteiger partial charge < -0.3 is 4.72 Å². The molecule has 3 nitrogen and oxygen atoms in total. The highest BCUT2D eigenvalue weighted by Crippen LogP contribution is 2.40. The molecule has 0 unspecified atom stereocenters. The number of hydrogen-bond donors (Lipinski definition) is 2. The van der Waals surface area contributed by atoms with Gasteiger partial charge in [0.05, 0.1) is 39.1 Å². The van der Waals surface area contributed by atoms with Gasteiger partial charge in [-0.3, -0.25) is 5.21 Å². The number of alkyl halides is 3. The van der Waals surface area contributed by atoms with E-state index in [4.69, 9.17) is 34.8 Å². The standard InChI is InChI=1S/C13H8Cl3F3N2OS/c14-7-1-3-8(4-2-7)21(22)23-20-12-5-9(13(17,18)19)10(15)6-11(12)16/h1-6,20,22H. The second-order valence-corrected chi connectivity index (χ2v) is 6.24. The van der Waals surface area contributed by atoms with Crippen molar-refractivity contribution in [3.63, 3.8) is 0 Å². The maximum absolute atomic E-state index is 12.8. The number of halogens is 6. The van der Waals surface area contributed by atoms with Gasteiger partial charge in [0.2, 0.25) is 0 Å². The van der Waals surface area contributed by atoms with E-state index in [9.17, 15) is 18.4 Å². The molecule has 0 aromatic heterocycles. The Morgan fingerprint density at radius 2 is 1.61 bits per heavy atom. The topological polar surface area (TPSA) is 35.5 Å². The Bertz CT molecular complexity index is 698. The van der Waals surface area contributed by atoms with Crippen LogP contribution in [0.5, 0.6) is 0 Å². The summed E-state index contributed by atoms with van der Waals surface area (Å²) in [5, 5.41) is 9.81. The molecule has 0 saturated heterocycles. The van der Waals surface area contributed by atoms with Crippen molar-refractivity contribution in [3.05, 3.63) is 57.0 Å². The van der Waals surface area contributed by atoms with E-state index in [0.29, 0.717) is 27.3 Å². The smallest absolute Gasteiger partial charge is 0.309 e. The maximum atomic E-state index is 12.8. The normalized spacial score (nSPS) is 11.4. The summed E-state index contributed by atoms with van der Waals surface area (Å²) in [6, 6.07) is 7.92. The highest BCUT2D eigenvalue weighted by atomic mass is 35.5. The fraction of sp³-hybridized carbons (Fsp3) is 0.0769. The van der Waals surface area contributed by atoms with Gasteiger partial charge in [0, 0.05) is 5.02 Å². The van der Waals surface area contributed by atoms with Gasteiger partial charge in [-0.05, 0) is 36.4 Å². The van der Waals surface area contributed by atoms with Crippen molar-refractivity contribution >= 4 is 58.3 Å². The number of anilines is 2. The number of nitrogens with zero attached hydrogens (tertiary/aromatic N) is 1. The second kappa shape index (κ2) is 7.27. The first-order valence-corrected chi connectivity index (χ1v) is 7.83. The number of hydrogen-bond acceptors (Lipinski definition) is 4. The van der Waals surface area contributed by atoms with Gasteiger partial charge in [-0.25, -0.2) is 0 Å². The van der Waals surface area contributed by atoms with Crippen LogP contribution in [0.4, 0.5) is 24.5 Å². The summed E-state index contributed by atoms with van der Waals surface area (Å²) in [5.74, 6) is 0. The van der Waals surface area contributed by atoms with Crippen LogP contribution in [-0.4, -0.2) is 5.21 Å². The summed E-state index contributed by atoms with van der Waals surface area (Å²) >= 11 is 17.8. The van der Waals surface area contributed by atoms with Crippen LogP contribution in [0.15, 0.2) is 36.4 Å². The molecule has 2 N–H and O–H groups in total. The molecule has 0 atom stereocenters. The third-order valence-electron chi connectivity index (χ3n) is 2.65. The molecule has 0 aliphatic rings. The van der Waals surface area contributed by atoms with Crippen molar-refractivity contribution < 1.29 is 18.4 Å². The van der Waals surface area contributed by atoms with E-state index in [1.54, 1.807) is 12.1 Å². The van der Waals surface area contributed by atoms with Gasteiger partial charge in [0.15, 0.2) is 0 Å². The molecule has 0 amide bonds. The molecule has 0 aliphatic carbocycles. The molecule has 10 heteroatoms. The minimum atomic E-state index is -4.61. The number of rotatable bonds is 4. The molecule has 0 heterocycles. The van der Waals surface area contributed by atoms with Gasteiger partial charge in [-0.2, -0.15) is 17.6 Å². The van der Waals surface area contributed by atoms with E-state index in [-0.39, 0.29) is 10.7 Å². The predicted molar refractivity (Wildman–Crippen MR) is 88.4 cm³/mol. The highest BCUT2D eigenvalue weighted by Gasteiger charge is 2.34. The molecule has 2 aromatic carbocycles. The number of benzene rings is 2. The van der Waals surface area contributed by atoms with Gasteiger partial charge in [-0.1, -0.05) is 34.8 Å². The molecule has 0 radical (unpaired) electrons. The van der Waals surface area contributed by atoms with Crippen LogP contribution in [0.2, 0.25) is 15.1 Å². The third-order valence-corrected chi connectivity index (χ3v) is 4.22. The van der Waals surface area contributed by atoms with Crippen LogP contribution in [0.25, 0.3) is 0 Å². The Hall–Kier alpha value is -0.990. The van der Waals surface area contributed by atoms with Gasteiger partial charge in [0.25, 0.3) is 0 Å². The van der Waals surface area contributed by atoms with Crippen molar-refractivity contribution in [3.8, 4) is 0 Å². The van der Waals surface area contributed by atoms with Crippen LogP contribution in [0, 0.1) is 0 Å². The Morgan fingerprint density at radius 1 is 1.00 bits per heavy atom. The lowest BCUT2D eigenvalue weighted by Crippen LogP contribution is -2.12. The van der Waals surface area contributed by atoms with Crippen molar-refractivity contribution in [2.45, 2.75) is 6.18 Å². The summed E-state index contributed by atoms with van der Waals surface area (Å²) in [6.07, 6.45) is -4.61. The van der Waals surface area contributed by atoms with E-state index in [1.807, 2.05) is 0 Å². The third kappa shape index (κ3) is 4.74. The van der Waals surface area contributed by atoms with Crippen LogP contribution in [0.3, 0.4) is 0 Å². The Kier molecular flexibility index (Phi) is 5.80. The molecule has 23 heavy (non-hydrogen) atoms. The lowest BCUT2D eigenvalue weighted by molar-refractivity contribution is -0.137. The maximum Gasteiger partial charge on any atom is 0.417 e. The monoisotopic (exact) mass is 402 g/mol. The molecule has 0 fully saturated rings. The van der Waals surface area contributed by atoms with E-state index in [0.717, 1.165) is 12.1 Å². The van der Waals surface area contributed by atoms with E-state index in [2.05, 4.69) is 4.72 Å². The van der Waals surface area contributed by atoms with Crippen LogP contribution in [0.1, 0.15) is 5.56 Å². The second-order valence-electron chi connectivity index (χ2n) is 4.25. The fourth-order valence-electron chi connectivity index (χ4n) is 1.56. The van der Waals surface area contributed by atoms with Gasteiger partial charge in [-0.15, -0.1) is 0 Å². The zero-order chi connectivity index (χ0) is 17.2. The van der Waals surface area contributed by atoms with Crippen LogP contribution >= 0.6 is 46.9 Å². The van der Waals surface area contributed by atoms with E-state index >= 15 is 0 Å². The molecule has 124 valence electrons. The number of nitrogens with one attached hydrogen (secondary N) is 1. The Balaban J connectivity index is 2.15. The minimum Gasteiger partial charge on any atom is -0.309 e. The molecule has 0 aliphatic heterocycles. The molecule has 2 rings (SSSR count). The van der Waals surface area contributed by atoms with Crippen molar-refractivity contribution in [1.29, 1.82) is 0 Å². The molecular weight excluding hydrogens is 396 g/mol. The van der Waals surface area contributed by atoms with Crippen molar-refractivity contribution in [1.82, 2.24) is 0 Å². The fourth-order valence-corrected chi connectivity index (χ4v) is 2.86. The largest absolute Gasteiger partial charge is 0.417 e. The first-order chi connectivity index (χ1) is 10.7. The predicted octanol–water partition coefficient (Wildman–Crippen LogP) is 6.54. The zero-order valence-electron chi connectivity index (χ0n) is 11.0. The molecule has 0 spiro atoms. The van der Waals surface area contributed by atoms with Gasteiger partial charge >= 0.3 is 6.18 Å². The zero-order valence-corrected chi connectivity index (χ0v) is 14.1. The molecular formula is C13H8Cl3F3N2OS. The van der Waals surface area contributed by atoms with Crippen molar-refractivity contribution in [2.24, 2.45) is 0 Å². The molecule has 0 saturated carbocycles. The summed E-state index contributed by atoms with van der Waals surface area (Å²) in [7, 11) is 0. The lowest BCUT2D eigenvalue weighted by Gasteiger charge is -2.18. The minimum absolute atomic E-state index is 0.0139. The van der Waals surface area contributed by atoms with E-state index in [1.165, 1.54) is 12.1 Å². The average Bonchev–Trinajstić information content (AvgIpc) is 2.45. The van der Waals surface area contributed by atoms with Crippen LogP contribution in [-0.2, 0) is 6.18 Å². The van der Waals surface area contributed by atoms with Crippen molar-refractivity contribution in [2.75, 3.05) is 9.19 Å². The summed E-state index contributed by atoms with van der Waals surface area (Å²) < 4.78 is 41.7. The summed E-state index contributed by atoms with van der Waals surface area (Å²) in [6.45, 7) is 0. The average molecular weight is 404 g/mol. The first kappa shape index (κ1) is 18.4. The summed E-state index contributed by atoms with van der Waals surface area (Å²) in [4.78, 5) is 0. The molecule has 2 aromatic rings. The molecule has 0 bridgehead atoms. The lowest BCUT2D eigenvalue weighted by atomic mass is 10.2. The quantitative estimate of drug-likeness (QED) is 0.449. The SMILES string of the molecule is ON(SNc1cc(C(F)(F)F)c(Cl)cc1Cl)c1ccc(Cl)cc1. The highest BCUT2D eigenvalue weighted by molar-refractivity contribution is 8.01.